The minimum absolute atomic E-state index is 0.0547. The van der Waals surface area contributed by atoms with Crippen LogP contribution < -0.4 is 4.74 Å². The molecule has 1 amide bonds. The molecule has 2 aliphatic heterocycles. The monoisotopic (exact) mass is 422 g/mol. The van der Waals surface area contributed by atoms with Crippen LogP contribution in [0, 0.1) is 0 Å². The number of hydrogen-bond acceptors (Lipinski definition) is 5. The van der Waals surface area contributed by atoms with Gasteiger partial charge in [0.1, 0.15) is 17.4 Å². The van der Waals surface area contributed by atoms with Gasteiger partial charge in [0.05, 0.1) is 22.4 Å². The van der Waals surface area contributed by atoms with Gasteiger partial charge in [0.2, 0.25) is 0 Å². The maximum absolute atomic E-state index is 13.3. The van der Waals surface area contributed by atoms with E-state index in [9.17, 15) is 4.79 Å². The van der Waals surface area contributed by atoms with Gasteiger partial charge in [-0.3, -0.25) is 4.79 Å². The first-order valence-corrected chi connectivity index (χ1v) is 11.6. The van der Waals surface area contributed by atoms with E-state index in [4.69, 9.17) is 14.5 Å². The predicted octanol–water partition coefficient (Wildman–Crippen LogP) is 5.22. The summed E-state index contributed by atoms with van der Waals surface area (Å²) < 4.78 is 12.6. The fourth-order valence-corrected chi connectivity index (χ4v) is 5.40. The lowest BCUT2D eigenvalue weighted by Gasteiger charge is -2.34. The Bertz CT molecular complexity index is 978. The van der Waals surface area contributed by atoms with Gasteiger partial charge in [0.25, 0.3) is 5.91 Å². The predicted molar refractivity (Wildman–Crippen MR) is 118 cm³/mol. The van der Waals surface area contributed by atoms with Crippen LogP contribution in [0.3, 0.4) is 0 Å². The second kappa shape index (κ2) is 8.74. The van der Waals surface area contributed by atoms with E-state index in [-0.39, 0.29) is 18.1 Å². The van der Waals surface area contributed by atoms with E-state index in [0.29, 0.717) is 12.2 Å². The molecule has 2 atom stereocenters. The molecule has 5 rings (SSSR count). The summed E-state index contributed by atoms with van der Waals surface area (Å²) in [5.74, 6) is 0.855. The zero-order valence-corrected chi connectivity index (χ0v) is 17.8. The van der Waals surface area contributed by atoms with Gasteiger partial charge in [0.15, 0.2) is 0 Å². The molecule has 3 aromatic rings. The van der Waals surface area contributed by atoms with Crippen molar-refractivity contribution >= 4 is 27.5 Å². The largest absolute Gasteiger partial charge is 0.491 e. The molecule has 6 heteroatoms. The molecular weight excluding hydrogens is 396 g/mol. The highest BCUT2D eigenvalue weighted by atomic mass is 32.1. The molecule has 5 nitrogen and oxygen atoms in total. The molecule has 3 heterocycles. The number of rotatable bonds is 5. The molecule has 0 aliphatic carbocycles. The van der Waals surface area contributed by atoms with E-state index in [0.717, 1.165) is 61.5 Å². The minimum Gasteiger partial charge on any atom is -0.491 e. The van der Waals surface area contributed by atoms with Crippen LogP contribution in [-0.4, -0.2) is 41.7 Å². The Balaban J connectivity index is 1.30. The Morgan fingerprint density at radius 3 is 2.77 bits per heavy atom. The third-order valence-corrected chi connectivity index (χ3v) is 7.06. The van der Waals surface area contributed by atoms with Crippen molar-refractivity contribution in [3.63, 3.8) is 0 Å². The SMILES string of the molecule is O=C(c1ccc(OCC2CCCO2)cc1)N1CCCCC1c1nc2ccccc2s1. The quantitative estimate of drug-likeness (QED) is 0.566. The van der Waals surface area contributed by atoms with Crippen molar-refractivity contribution in [1.29, 1.82) is 0 Å². The molecule has 2 saturated heterocycles. The summed E-state index contributed by atoms with van der Waals surface area (Å²) in [5.41, 5.74) is 1.72. The fraction of sp³-hybridized carbons (Fsp3) is 0.417. The first-order chi connectivity index (χ1) is 14.8. The molecule has 0 spiro atoms. The van der Waals surface area contributed by atoms with Gasteiger partial charge in [-0.15, -0.1) is 11.3 Å². The average Bonchev–Trinajstić information content (AvgIpc) is 3.47. The molecule has 2 fully saturated rings. The van der Waals surface area contributed by atoms with Crippen LogP contribution in [0.4, 0.5) is 0 Å². The van der Waals surface area contributed by atoms with Crippen LogP contribution in [0.25, 0.3) is 10.2 Å². The Hall–Kier alpha value is -2.44. The van der Waals surface area contributed by atoms with E-state index in [2.05, 4.69) is 6.07 Å². The van der Waals surface area contributed by atoms with Gasteiger partial charge >= 0.3 is 0 Å². The van der Waals surface area contributed by atoms with Crippen molar-refractivity contribution in [1.82, 2.24) is 9.88 Å². The van der Waals surface area contributed by atoms with Gasteiger partial charge in [-0.2, -0.15) is 0 Å². The molecule has 2 unspecified atom stereocenters. The van der Waals surface area contributed by atoms with Crippen molar-refractivity contribution in [3.8, 4) is 5.75 Å². The number of hydrogen-bond donors (Lipinski definition) is 0. The molecule has 0 saturated carbocycles. The number of amides is 1. The zero-order chi connectivity index (χ0) is 20.3. The van der Waals surface area contributed by atoms with Crippen LogP contribution >= 0.6 is 11.3 Å². The number of carbonyl (C=O) groups excluding carboxylic acids is 1. The van der Waals surface area contributed by atoms with Gasteiger partial charge in [0, 0.05) is 18.7 Å². The normalized spacial score (nSPS) is 21.8. The molecule has 30 heavy (non-hydrogen) atoms. The smallest absolute Gasteiger partial charge is 0.254 e. The Morgan fingerprint density at radius 1 is 1.10 bits per heavy atom. The van der Waals surface area contributed by atoms with E-state index < -0.39 is 0 Å². The standard InChI is InChI=1S/C24H26N2O3S/c27-24(17-10-12-18(13-11-17)29-16-19-6-5-15-28-19)26-14-4-3-8-21(26)23-25-20-7-1-2-9-22(20)30-23/h1-2,7,9-13,19,21H,3-6,8,14-16H2. The highest BCUT2D eigenvalue weighted by Gasteiger charge is 2.31. The topological polar surface area (TPSA) is 51.7 Å². The van der Waals surface area contributed by atoms with Crippen LogP contribution in [-0.2, 0) is 4.74 Å². The second-order valence-electron chi connectivity index (χ2n) is 8.00. The summed E-state index contributed by atoms with van der Waals surface area (Å²) in [7, 11) is 0. The fourth-order valence-electron chi connectivity index (χ4n) is 4.29. The molecule has 0 bridgehead atoms. The summed E-state index contributed by atoms with van der Waals surface area (Å²) in [5, 5.41) is 1.04. The lowest BCUT2D eigenvalue weighted by atomic mass is 10.0. The lowest BCUT2D eigenvalue weighted by Crippen LogP contribution is -2.38. The lowest BCUT2D eigenvalue weighted by molar-refractivity contribution is 0.0610. The number of piperidine rings is 1. The van der Waals surface area contributed by atoms with Crippen LogP contribution in [0.2, 0.25) is 0 Å². The Morgan fingerprint density at radius 2 is 1.97 bits per heavy atom. The number of carbonyl (C=O) groups is 1. The molecule has 0 N–H and O–H groups in total. The first kappa shape index (κ1) is 19.5. The molecule has 2 aliphatic rings. The number of benzene rings is 2. The summed E-state index contributed by atoms with van der Waals surface area (Å²) in [6.45, 7) is 2.17. The number of ether oxygens (including phenoxy) is 2. The van der Waals surface area contributed by atoms with Gasteiger partial charge in [-0.25, -0.2) is 4.98 Å². The summed E-state index contributed by atoms with van der Waals surface area (Å²) >= 11 is 1.70. The second-order valence-corrected chi connectivity index (χ2v) is 9.06. The Kier molecular flexibility index (Phi) is 5.69. The molecule has 0 radical (unpaired) electrons. The first-order valence-electron chi connectivity index (χ1n) is 10.8. The number of likely N-dealkylation sites (tertiary alicyclic amines) is 1. The molecular formula is C24H26N2O3S. The van der Waals surface area contributed by atoms with Gasteiger partial charge in [-0.05, 0) is 68.5 Å². The van der Waals surface area contributed by atoms with E-state index in [1.165, 1.54) is 4.70 Å². The number of fused-ring (bicyclic) bond motifs is 1. The van der Waals surface area contributed by atoms with Crippen LogP contribution in [0.15, 0.2) is 48.5 Å². The maximum atomic E-state index is 13.3. The van der Waals surface area contributed by atoms with Gasteiger partial charge < -0.3 is 14.4 Å². The van der Waals surface area contributed by atoms with Gasteiger partial charge in [-0.1, -0.05) is 12.1 Å². The third kappa shape index (κ3) is 4.07. The zero-order valence-electron chi connectivity index (χ0n) is 17.0. The Labute approximate surface area is 180 Å². The molecule has 156 valence electrons. The summed E-state index contributed by atoms with van der Waals surface area (Å²) in [6.07, 6.45) is 5.48. The van der Waals surface area contributed by atoms with E-state index in [1.807, 2.05) is 47.4 Å². The minimum atomic E-state index is 0.0547. The molecule has 2 aromatic carbocycles. The number of thiazole rings is 1. The van der Waals surface area contributed by atoms with Crippen molar-refractivity contribution in [3.05, 3.63) is 59.1 Å². The summed E-state index contributed by atoms with van der Waals surface area (Å²) in [4.78, 5) is 20.2. The van der Waals surface area contributed by atoms with E-state index in [1.54, 1.807) is 11.3 Å². The van der Waals surface area contributed by atoms with Crippen molar-refractivity contribution in [2.75, 3.05) is 19.8 Å². The summed E-state index contributed by atoms with van der Waals surface area (Å²) in [6, 6.07) is 15.8. The highest BCUT2D eigenvalue weighted by Crippen LogP contribution is 2.36. The van der Waals surface area contributed by atoms with Crippen molar-refractivity contribution < 1.29 is 14.3 Å². The average molecular weight is 423 g/mol. The van der Waals surface area contributed by atoms with Crippen molar-refractivity contribution in [2.45, 2.75) is 44.2 Å². The van der Waals surface area contributed by atoms with Crippen molar-refractivity contribution in [2.24, 2.45) is 0 Å². The maximum Gasteiger partial charge on any atom is 0.254 e. The van der Waals surface area contributed by atoms with Crippen LogP contribution in [0.1, 0.15) is 53.5 Å². The third-order valence-electron chi connectivity index (χ3n) is 5.92. The van der Waals surface area contributed by atoms with E-state index >= 15 is 0 Å². The van der Waals surface area contributed by atoms with Crippen LogP contribution in [0.5, 0.6) is 5.75 Å². The molecule has 1 aromatic heterocycles. The number of aromatic nitrogens is 1. The highest BCUT2D eigenvalue weighted by molar-refractivity contribution is 7.18. The number of para-hydroxylation sites is 1. The number of nitrogens with zero attached hydrogens (tertiary/aromatic N) is 2.